The van der Waals surface area contributed by atoms with Crippen molar-refractivity contribution in [2.75, 3.05) is 40.3 Å². The molecule has 0 amide bonds. The molecule has 0 radical (unpaired) electrons. The van der Waals surface area contributed by atoms with Gasteiger partial charge in [-0.05, 0) is 73.1 Å². The summed E-state index contributed by atoms with van der Waals surface area (Å²) in [4.78, 5) is 17.8. The average molecular weight is 421 g/mol. The van der Waals surface area contributed by atoms with E-state index in [0.29, 0.717) is 18.7 Å². The van der Waals surface area contributed by atoms with Crippen LogP contribution in [0.5, 0.6) is 0 Å². The van der Waals surface area contributed by atoms with Crippen LogP contribution < -0.4 is 0 Å². The Morgan fingerprint density at radius 2 is 1.23 bits per heavy atom. The van der Waals surface area contributed by atoms with Gasteiger partial charge in [-0.3, -0.25) is 9.69 Å². The van der Waals surface area contributed by atoms with Crippen LogP contribution >= 0.6 is 0 Å². The molecule has 4 rings (SSSR count). The van der Waals surface area contributed by atoms with Crippen LogP contribution in [0.15, 0.2) is 70.8 Å². The molecule has 2 fully saturated rings. The lowest BCUT2D eigenvalue weighted by Gasteiger charge is -2.33. The number of likely N-dealkylation sites (N-methyl/N-ethyl adjacent to an activating group) is 2. The van der Waals surface area contributed by atoms with E-state index in [0.717, 1.165) is 47.4 Å². The normalized spacial score (nSPS) is 23.7. The summed E-state index contributed by atoms with van der Waals surface area (Å²) in [6.45, 7) is 2.78. The summed E-state index contributed by atoms with van der Waals surface area (Å²) in [7, 11) is 4.07. The summed E-state index contributed by atoms with van der Waals surface area (Å²) in [6.07, 6.45) is 4.71. The van der Waals surface area contributed by atoms with Crippen LogP contribution in [0.3, 0.4) is 0 Å². The second-order valence-electron chi connectivity index (χ2n) is 8.39. The number of nitrogens with zero attached hydrogens (tertiary/aromatic N) is 2. The number of halogens is 2. The van der Waals surface area contributed by atoms with Gasteiger partial charge in [-0.15, -0.1) is 0 Å². The Morgan fingerprint density at radius 1 is 0.710 bits per heavy atom. The molecule has 5 heteroatoms. The van der Waals surface area contributed by atoms with Crippen LogP contribution in [0.2, 0.25) is 0 Å². The third-order valence-corrected chi connectivity index (χ3v) is 5.79. The first kappa shape index (κ1) is 21.3. The van der Waals surface area contributed by atoms with Crippen LogP contribution in [-0.2, 0) is 4.79 Å². The number of hydrogen-bond donors (Lipinski definition) is 0. The predicted octanol–water partition coefficient (Wildman–Crippen LogP) is 4.58. The zero-order valence-corrected chi connectivity index (χ0v) is 17.9. The van der Waals surface area contributed by atoms with E-state index in [-0.39, 0.29) is 17.4 Å². The maximum absolute atomic E-state index is 13.4. The fourth-order valence-electron chi connectivity index (χ4n) is 4.22. The molecular weight excluding hydrogens is 394 g/mol. The standard InChI is InChI=1S/C26H26F2N2O/c1-29-12-11-24(20(15-29)13-18-3-7-22(27)8-4-18)25-17-30(2)16-21(26(25)31)14-19-5-9-23(28)10-6-19/h3-10,13-14H,11-12,15-17H2,1-2H3/b20-13+,21-14-,25-24+. The van der Waals surface area contributed by atoms with Crippen molar-refractivity contribution in [1.29, 1.82) is 0 Å². The van der Waals surface area contributed by atoms with Gasteiger partial charge in [0.15, 0.2) is 5.78 Å². The van der Waals surface area contributed by atoms with Gasteiger partial charge in [-0.2, -0.15) is 0 Å². The van der Waals surface area contributed by atoms with Crippen molar-refractivity contribution in [3.05, 3.63) is 93.6 Å². The molecule has 0 bridgehead atoms. The lowest BCUT2D eigenvalue weighted by Crippen LogP contribution is -2.37. The largest absolute Gasteiger partial charge is 0.302 e. The van der Waals surface area contributed by atoms with E-state index in [4.69, 9.17) is 0 Å². The van der Waals surface area contributed by atoms with Gasteiger partial charge < -0.3 is 4.90 Å². The molecule has 2 aliphatic heterocycles. The molecule has 0 N–H and O–H groups in total. The molecule has 2 heterocycles. The summed E-state index contributed by atoms with van der Waals surface area (Å²) in [5, 5.41) is 0. The van der Waals surface area contributed by atoms with Crippen molar-refractivity contribution < 1.29 is 13.6 Å². The van der Waals surface area contributed by atoms with Crippen molar-refractivity contribution in [2.45, 2.75) is 6.42 Å². The minimum absolute atomic E-state index is 0.0620. The van der Waals surface area contributed by atoms with E-state index >= 15 is 0 Å². The molecule has 0 aromatic heterocycles. The first-order chi connectivity index (χ1) is 14.9. The summed E-state index contributed by atoms with van der Waals surface area (Å²) in [6, 6.07) is 12.6. The zero-order chi connectivity index (χ0) is 22.0. The SMILES string of the molecule is CN1CCC(=C2/CN(C)C/C(=C/c3ccc(F)cc3)C2=O)/C(=C/c2ccc(F)cc2)C1. The zero-order valence-electron chi connectivity index (χ0n) is 17.9. The van der Waals surface area contributed by atoms with Gasteiger partial charge in [-0.25, -0.2) is 8.78 Å². The number of ketones is 1. The van der Waals surface area contributed by atoms with E-state index in [2.05, 4.69) is 22.9 Å². The fraction of sp³-hybridized carbons (Fsp3) is 0.269. The van der Waals surface area contributed by atoms with Crippen molar-refractivity contribution in [3.63, 3.8) is 0 Å². The molecule has 0 saturated carbocycles. The lowest BCUT2D eigenvalue weighted by molar-refractivity contribution is -0.113. The maximum atomic E-state index is 13.4. The van der Waals surface area contributed by atoms with E-state index < -0.39 is 0 Å². The Kier molecular flexibility index (Phi) is 6.25. The Labute approximate surface area is 182 Å². The second-order valence-corrected chi connectivity index (χ2v) is 8.39. The number of piperidine rings is 2. The quantitative estimate of drug-likeness (QED) is 0.665. The molecule has 0 unspecified atom stereocenters. The molecule has 0 atom stereocenters. The summed E-state index contributed by atoms with van der Waals surface area (Å²) in [5.74, 6) is -0.493. The number of carbonyl (C=O) groups excluding carboxylic acids is 1. The molecule has 0 aliphatic carbocycles. The van der Waals surface area contributed by atoms with Crippen molar-refractivity contribution in [2.24, 2.45) is 0 Å². The molecular formula is C26H26F2N2O. The van der Waals surface area contributed by atoms with E-state index in [1.165, 1.54) is 24.3 Å². The minimum atomic E-state index is -0.293. The molecule has 3 nitrogen and oxygen atoms in total. The van der Waals surface area contributed by atoms with Gasteiger partial charge >= 0.3 is 0 Å². The smallest absolute Gasteiger partial charge is 0.187 e. The van der Waals surface area contributed by atoms with Crippen molar-refractivity contribution in [1.82, 2.24) is 9.80 Å². The number of likely N-dealkylation sites (tertiary alicyclic amines) is 2. The topological polar surface area (TPSA) is 23.6 Å². The minimum Gasteiger partial charge on any atom is -0.302 e. The fourth-order valence-corrected chi connectivity index (χ4v) is 4.22. The maximum Gasteiger partial charge on any atom is 0.187 e. The van der Waals surface area contributed by atoms with E-state index in [1.807, 2.05) is 13.1 Å². The summed E-state index contributed by atoms with van der Waals surface area (Å²) >= 11 is 0. The highest BCUT2D eigenvalue weighted by Crippen LogP contribution is 2.31. The van der Waals surface area contributed by atoms with Crippen LogP contribution in [0.1, 0.15) is 17.5 Å². The van der Waals surface area contributed by atoms with Crippen molar-refractivity contribution >= 4 is 17.9 Å². The van der Waals surface area contributed by atoms with Crippen LogP contribution in [0.25, 0.3) is 12.2 Å². The summed E-state index contributed by atoms with van der Waals surface area (Å²) < 4.78 is 26.6. The highest BCUT2D eigenvalue weighted by atomic mass is 19.1. The molecule has 2 aliphatic rings. The van der Waals surface area contributed by atoms with E-state index in [1.54, 1.807) is 24.3 Å². The number of benzene rings is 2. The Morgan fingerprint density at radius 3 is 1.81 bits per heavy atom. The predicted molar refractivity (Wildman–Crippen MR) is 120 cm³/mol. The first-order valence-corrected chi connectivity index (χ1v) is 10.5. The summed E-state index contributed by atoms with van der Waals surface area (Å²) in [5.41, 5.74) is 5.45. The Bertz CT molecular complexity index is 1070. The Balaban J connectivity index is 1.73. The van der Waals surface area contributed by atoms with Crippen LogP contribution in [0.4, 0.5) is 8.78 Å². The molecule has 0 spiro atoms. The van der Waals surface area contributed by atoms with Gasteiger partial charge in [0, 0.05) is 37.3 Å². The number of rotatable bonds is 2. The van der Waals surface area contributed by atoms with Gasteiger partial charge in [-0.1, -0.05) is 30.3 Å². The van der Waals surface area contributed by atoms with Gasteiger partial charge in [0.25, 0.3) is 0 Å². The van der Waals surface area contributed by atoms with Crippen molar-refractivity contribution in [3.8, 4) is 0 Å². The molecule has 2 aromatic carbocycles. The average Bonchev–Trinajstić information content (AvgIpc) is 2.74. The number of hydrogen-bond acceptors (Lipinski definition) is 3. The van der Waals surface area contributed by atoms with Gasteiger partial charge in [0.2, 0.25) is 0 Å². The highest BCUT2D eigenvalue weighted by molar-refractivity contribution is 6.13. The first-order valence-electron chi connectivity index (χ1n) is 10.5. The molecule has 31 heavy (non-hydrogen) atoms. The molecule has 160 valence electrons. The van der Waals surface area contributed by atoms with Gasteiger partial charge in [0.05, 0.1) is 0 Å². The third-order valence-electron chi connectivity index (χ3n) is 5.79. The van der Waals surface area contributed by atoms with Crippen LogP contribution in [0, 0.1) is 11.6 Å². The molecule has 2 aromatic rings. The van der Waals surface area contributed by atoms with Gasteiger partial charge in [0.1, 0.15) is 11.6 Å². The van der Waals surface area contributed by atoms with Crippen LogP contribution in [-0.4, -0.2) is 55.9 Å². The lowest BCUT2D eigenvalue weighted by atomic mass is 9.85. The number of Topliss-reactive ketones (excluding diaryl/α,β-unsaturated/α-hetero) is 1. The van der Waals surface area contributed by atoms with E-state index in [9.17, 15) is 13.6 Å². The monoisotopic (exact) mass is 420 g/mol. The number of carbonyl (C=O) groups is 1. The third kappa shape index (κ3) is 5.06. The Hall–Kier alpha value is -2.89. The highest BCUT2D eigenvalue weighted by Gasteiger charge is 2.29. The second kappa shape index (κ2) is 9.08. The molecule has 2 saturated heterocycles.